The van der Waals surface area contributed by atoms with Crippen LogP contribution in [0.3, 0.4) is 0 Å². The maximum Gasteiger partial charge on any atom is 0.322 e. The van der Waals surface area contributed by atoms with Crippen LogP contribution in [0, 0.1) is 5.92 Å². The molecule has 0 saturated carbocycles. The van der Waals surface area contributed by atoms with Crippen molar-refractivity contribution >= 4 is 22.1 Å². The zero-order valence-electron chi connectivity index (χ0n) is 11.4. The Morgan fingerprint density at radius 1 is 1.37 bits per heavy atom. The molecule has 0 aromatic rings. The number of methoxy groups -OCH3 is 1. The van der Waals surface area contributed by atoms with E-state index in [1.54, 1.807) is 13.8 Å². The lowest BCUT2D eigenvalue weighted by Gasteiger charge is -2.22. The second kappa shape index (κ2) is 7.41. The van der Waals surface area contributed by atoms with Gasteiger partial charge in [0.05, 0.1) is 13.5 Å². The summed E-state index contributed by atoms with van der Waals surface area (Å²) in [6.07, 6.45) is -0.104. The standard InChI is InChI=1S/C10H20N2O6S/c1-7(2)9(10(14)15)11-19(16,17)12(3)6-5-8(13)18-4/h7,9,11H,5-6H2,1-4H3,(H,14,15)/t9-/m1/s1. The van der Waals surface area contributed by atoms with Crippen molar-refractivity contribution < 1.29 is 27.9 Å². The molecule has 0 radical (unpaired) electrons. The predicted octanol–water partition coefficient (Wildman–Crippen LogP) is -0.575. The Labute approximate surface area is 112 Å². The van der Waals surface area contributed by atoms with Crippen LogP contribution in [0.1, 0.15) is 20.3 Å². The summed E-state index contributed by atoms with van der Waals surface area (Å²) in [6, 6.07) is -1.22. The smallest absolute Gasteiger partial charge is 0.322 e. The van der Waals surface area contributed by atoms with Gasteiger partial charge in [0.1, 0.15) is 6.04 Å². The van der Waals surface area contributed by atoms with E-state index >= 15 is 0 Å². The van der Waals surface area contributed by atoms with Crippen LogP contribution in [-0.2, 0) is 24.5 Å². The summed E-state index contributed by atoms with van der Waals surface area (Å²) in [5, 5.41) is 8.93. The third kappa shape index (κ3) is 5.99. The molecule has 0 amide bonds. The van der Waals surface area contributed by atoms with Gasteiger partial charge in [-0.25, -0.2) is 0 Å². The lowest BCUT2D eigenvalue weighted by Crippen LogP contribution is -2.49. The Morgan fingerprint density at radius 3 is 2.26 bits per heavy atom. The normalized spacial score (nSPS) is 13.6. The highest BCUT2D eigenvalue weighted by molar-refractivity contribution is 7.87. The van der Waals surface area contributed by atoms with E-state index in [4.69, 9.17) is 5.11 Å². The van der Waals surface area contributed by atoms with Gasteiger partial charge in [-0.15, -0.1) is 0 Å². The molecule has 8 nitrogen and oxygen atoms in total. The van der Waals surface area contributed by atoms with Gasteiger partial charge in [0.25, 0.3) is 10.2 Å². The van der Waals surface area contributed by atoms with Crippen LogP contribution in [0.5, 0.6) is 0 Å². The van der Waals surface area contributed by atoms with E-state index in [0.717, 1.165) is 4.31 Å². The molecule has 0 unspecified atom stereocenters. The summed E-state index contributed by atoms with van der Waals surface area (Å²) >= 11 is 0. The molecular formula is C10H20N2O6S. The Kier molecular flexibility index (Phi) is 6.95. The molecular weight excluding hydrogens is 276 g/mol. The van der Waals surface area contributed by atoms with Crippen molar-refractivity contribution in [2.45, 2.75) is 26.3 Å². The van der Waals surface area contributed by atoms with Crippen molar-refractivity contribution in [3.05, 3.63) is 0 Å². The number of rotatable bonds is 8. The number of nitrogens with zero attached hydrogens (tertiary/aromatic N) is 1. The fourth-order valence-electron chi connectivity index (χ4n) is 1.19. The van der Waals surface area contributed by atoms with E-state index in [1.165, 1.54) is 14.2 Å². The average molecular weight is 296 g/mol. The molecule has 9 heteroatoms. The quantitative estimate of drug-likeness (QED) is 0.580. The number of aliphatic carboxylic acids is 1. The zero-order chi connectivity index (χ0) is 15.2. The Bertz CT molecular complexity index is 420. The Morgan fingerprint density at radius 2 is 1.89 bits per heavy atom. The molecule has 0 aromatic heterocycles. The number of carboxylic acids is 1. The van der Waals surface area contributed by atoms with Crippen LogP contribution in [-0.4, -0.2) is 56.5 Å². The van der Waals surface area contributed by atoms with E-state index in [2.05, 4.69) is 9.46 Å². The summed E-state index contributed by atoms with van der Waals surface area (Å²) in [5.41, 5.74) is 0. The number of hydrogen-bond acceptors (Lipinski definition) is 5. The highest BCUT2D eigenvalue weighted by Crippen LogP contribution is 2.06. The molecule has 1 atom stereocenters. The van der Waals surface area contributed by atoms with Crippen molar-refractivity contribution in [3.8, 4) is 0 Å². The number of carbonyl (C=O) groups excluding carboxylic acids is 1. The number of carbonyl (C=O) groups is 2. The molecule has 19 heavy (non-hydrogen) atoms. The second-order valence-electron chi connectivity index (χ2n) is 4.33. The van der Waals surface area contributed by atoms with E-state index in [0.29, 0.717) is 0 Å². The van der Waals surface area contributed by atoms with Crippen LogP contribution < -0.4 is 4.72 Å². The molecule has 0 bridgehead atoms. The molecule has 0 aliphatic carbocycles. The summed E-state index contributed by atoms with van der Waals surface area (Å²) in [4.78, 5) is 21.9. The highest BCUT2D eigenvalue weighted by atomic mass is 32.2. The molecule has 0 spiro atoms. The minimum Gasteiger partial charge on any atom is -0.480 e. The minimum atomic E-state index is -3.96. The molecule has 112 valence electrons. The van der Waals surface area contributed by atoms with Gasteiger partial charge in [-0.05, 0) is 5.92 Å². The van der Waals surface area contributed by atoms with E-state index < -0.39 is 34.1 Å². The van der Waals surface area contributed by atoms with Crippen LogP contribution in [0.2, 0.25) is 0 Å². The van der Waals surface area contributed by atoms with Crippen LogP contribution in [0.4, 0.5) is 0 Å². The third-order valence-corrected chi connectivity index (χ3v) is 4.03. The topological polar surface area (TPSA) is 113 Å². The van der Waals surface area contributed by atoms with E-state index in [1.807, 2.05) is 0 Å². The number of carboxylic acid groups (broad SMARTS) is 1. The van der Waals surface area contributed by atoms with Gasteiger partial charge in [-0.3, -0.25) is 9.59 Å². The van der Waals surface area contributed by atoms with Gasteiger partial charge >= 0.3 is 11.9 Å². The maximum atomic E-state index is 11.9. The first-order chi connectivity index (χ1) is 8.61. The fourth-order valence-corrected chi connectivity index (χ4v) is 2.40. The van der Waals surface area contributed by atoms with Crippen molar-refractivity contribution in [2.75, 3.05) is 20.7 Å². The van der Waals surface area contributed by atoms with E-state index in [9.17, 15) is 18.0 Å². The van der Waals surface area contributed by atoms with Gasteiger partial charge in [-0.2, -0.15) is 17.4 Å². The predicted molar refractivity (Wildman–Crippen MR) is 67.6 cm³/mol. The Hall–Kier alpha value is -1.19. The lowest BCUT2D eigenvalue weighted by molar-refractivity contribution is -0.141. The maximum absolute atomic E-state index is 11.9. The molecule has 0 heterocycles. The highest BCUT2D eigenvalue weighted by Gasteiger charge is 2.29. The van der Waals surface area contributed by atoms with Crippen molar-refractivity contribution in [1.29, 1.82) is 0 Å². The van der Waals surface area contributed by atoms with Gasteiger partial charge in [0.15, 0.2) is 0 Å². The fraction of sp³-hybridized carbons (Fsp3) is 0.800. The van der Waals surface area contributed by atoms with Gasteiger partial charge in [0.2, 0.25) is 0 Å². The summed E-state index contributed by atoms with van der Waals surface area (Å²) in [5.74, 6) is -2.19. The van der Waals surface area contributed by atoms with Gasteiger partial charge in [0, 0.05) is 13.6 Å². The Balaban J connectivity index is 4.68. The summed E-state index contributed by atoms with van der Waals surface area (Å²) < 4.78 is 31.1. The minimum absolute atomic E-state index is 0.0908. The average Bonchev–Trinajstić information content (AvgIpc) is 2.31. The first-order valence-corrected chi connectivity index (χ1v) is 7.09. The molecule has 0 saturated heterocycles. The molecule has 0 aliphatic rings. The summed E-state index contributed by atoms with van der Waals surface area (Å²) in [7, 11) is -1.50. The first kappa shape index (κ1) is 17.8. The zero-order valence-corrected chi connectivity index (χ0v) is 12.2. The monoisotopic (exact) mass is 296 g/mol. The van der Waals surface area contributed by atoms with Crippen LogP contribution in [0.25, 0.3) is 0 Å². The number of ether oxygens (including phenoxy) is 1. The summed E-state index contributed by atoms with van der Waals surface area (Å²) in [6.45, 7) is 3.10. The second-order valence-corrected chi connectivity index (χ2v) is 6.14. The first-order valence-electron chi connectivity index (χ1n) is 5.65. The van der Waals surface area contributed by atoms with Crippen molar-refractivity contribution in [3.63, 3.8) is 0 Å². The van der Waals surface area contributed by atoms with Crippen molar-refractivity contribution in [1.82, 2.24) is 9.03 Å². The molecule has 0 aliphatic heterocycles. The molecule has 0 aromatic carbocycles. The van der Waals surface area contributed by atoms with Crippen LogP contribution in [0.15, 0.2) is 0 Å². The lowest BCUT2D eigenvalue weighted by atomic mass is 10.1. The number of hydrogen-bond donors (Lipinski definition) is 2. The molecule has 0 fully saturated rings. The molecule has 2 N–H and O–H groups in total. The number of esters is 1. The largest absolute Gasteiger partial charge is 0.480 e. The molecule has 0 rings (SSSR count). The van der Waals surface area contributed by atoms with Crippen LogP contribution >= 0.6 is 0 Å². The van der Waals surface area contributed by atoms with E-state index in [-0.39, 0.29) is 13.0 Å². The number of nitrogens with one attached hydrogen (secondary N) is 1. The SMILES string of the molecule is COC(=O)CCN(C)S(=O)(=O)N[C@@H](C(=O)O)C(C)C. The van der Waals surface area contributed by atoms with Crippen molar-refractivity contribution in [2.24, 2.45) is 5.92 Å². The van der Waals surface area contributed by atoms with Gasteiger partial charge in [-0.1, -0.05) is 13.8 Å². The third-order valence-electron chi connectivity index (χ3n) is 2.48. The van der Waals surface area contributed by atoms with Gasteiger partial charge < -0.3 is 9.84 Å².